The Kier molecular flexibility index (Phi) is 7.28. The predicted molar refractivity (Wildman–Crippen MR) is 75.4 cm³/mol. The van der Waals surface area contributed by atoms with Crippen molar-refractivity contribution >= 4 is 5.91 Å². The topological polar surface area (TPSA) is 58.4 Å². The summed E-state index contributed by atoms with van der Waals surface area (Å²) in [6.07, 6.45) is 6.36. The number of hydrogen-bond acceptors (Lipinski definition) is 3. The molecule has 2 atom stereocenters. The third-order valence-electron chi connectivity index (χ3n) is 3.72. The number of rotatable bonds is 7. The molecule has 0 aliphatic carbocycles. The van der Waals surface area contributed by atoms with E-state index in [-0.39, 0.29) is 11.9 Å². The maximum Gasteiger partial charge on any atom is 0.221 e. The van der Waals surface area contributed by atoms with E-state index in [1.165, 1.54) is 32.4 Å². The quantitative estimate of drug-likeness (QED) is 0.725. The Morgan fingerprint density at radius 2 is 2.00 bits per heavy atom. The van der Waals surface area contributed by atoms with Crippen LogP contribution in [0.1, 0.15) is 52.4 Å². The van der Waals surface area contributed by atoms with Crippen molar-refractivity contribution in [3.8, 4) is 0 Å². The Hall–Kier alpha value is -0.610. The van der Waals surface area contributed by atoms with Crippen LogP contribution < -0.4 is 11.1 Å². The monoisotopic (exact) mass is 255 g/mol. The van der Waals surface area contributed by atoms with Gasteiger partial charge in [0, 0.05) is 25.0 Å². The first-order valence-corrected chi connectivity index (χ1v) is 7.39. The summed E-state index contributed by atoms with van der Waals surface area (Å²) in [5, 5.41) is 3.01. The highest BCUT2D eigenvalue weighted by Gasteiger charge is 2.17. The van der Waals surface area contributed by atoms with E-state index in [4.69, 9.17) is 5.73 Å². The minimum atomic E-state index is 0.0142. The number of carbonyl (C=O) groups is 1. The molecule has 1 rings (SSSR count). The van der Waals surface area contributed by atoms with E-state index in [9.17, 15) is 4.79 Å². The Morgan fingerprint density at radius 1 is 1.33 bits per heavy atom. The van der Waals surface area contributed by atoms with E-state index in [2.05, 4.69) is 24.1 Å². The summed E-state index contributed by atoms with van der Waals surface area (Å²) in [5.74, 6) is 0.0970. The molecule has 1 aliphatic rings. The van der Waals surface area contributed by atoms with Gasteiger partial charge < -0.3 is 11.1 Å². The molecule has 106 valence electrons. The van der Waals surface area contributed by atoms with Crippen molar-refractivity contribution in [2.45, 2.75) is 64.5 Å². The summed E-state index contributed by atoms with van der Waals surface area (Å²) in [4.78, 5) is 14.2. The minimum absolute atomic E-state index is 0.0142. The molecule has 0 radical (unpaired) electrons. The van der Waals surface area contributed by atoms with Gasteiger partial charge in [-0.2, -0.15) is 0 Å². The third kappa shape index (κ3) is 5.83. The van der Waals surface area contributed by atoms with Gasteiger partial charge in [0.25, 0.3) is 0 Å². The maximum atomic E-state index is 11.7. The molecule has 18 heavy (non-hydrogen) atoms. The van der Waals surface area contributed by atoms with E-state index in [1.807, 2.05) is 0 Å². The van der Waals surface area contributed by atoms with Gasteiger partial charge in [-0.3, -0.25) is 9.69 Å². The summed E-state index contributed by atoms with van der Waals surface area (Å²) in [6.45, 7) is 7.38. The normalized spacial score (nSPS) is 20.4. The van der Waals surface area contributed by atoms with Gasteiger partial charge in [0.2, 0.25) is 5.91 Å². The fourth-order valence-corrected chi connectivity index (χ4v) is 2.53. The van der Waals surface area contributed by atoms with Gasteiger partial charge in [-0.1, -0.05) is 19.8 Å². The fraction of sp³-hybridized carbons (Fsp3) is 0.929. The van der Waals surface area contributed by atoms with Crippen molar-refractivity contribution in [1.82, 2.24) is 10.2 Å². The first kappa shape index (κ1) is 15.4. The largest absolute Gasteiger partial charge is 0.354 e. The molecule has 3 N–H and O–H groups in total. The number of hydrogen-bond donors (Lipinski definition) is 2. The minimum Gasteiger partial charge on any atom is -0.354 e. The first-order valence-electron chi connectivity index (χ1n) is 7.39. The van der Waals surface area contributed by atoms with Crippen LogP contribution in [0.3, 0.4) is 0 Å². The molecule has 1 fully saturated rings. The van der Waals surface area contributed by atoms with Crippen molar-refractivity contribution < 1.29 is 4.79 Å². The smallest absolute Gasteiger partial charge is 0.221 e. The van der Waals surface area contributed by atoms with E-state index < -0.39 is 0 Å². The molecule has 0 aromatic rings. The number of amides is 1. The van der Waals surface area contributed by atoms with E-state index in [0.29, 0.717) is 12.5 Å². The molecule has 1 amide bonds. The Morgan fingerprint density at radius 3 is 2.61 bits per heavy atom. The van der Waals surface area contributed by atoms with Crippen molar-refractivity contribution in [1.29, 1.82) is 0 Å². The highest BCUT2D eigenvalue weighted by atomic mass is 16.1. The zero-order chi connectivity index (χ0) is 13.4. The maximum absolute atomic E-state index is 11.7. The van der Waals surface area contributed by atoms with E-state index in [0.717, 1.165) is 19.4 Å². The second kappa shape index (κ2) is 8.48. The molecule has 1 saturated heterocycles. The first-order chi connectivity index (χ1) is 8.63. The second-order valence-electron chi connectivity index (χ2n) is 5.50. The van der Waals surface area contributed by atoms with Crippen LogP contribution in [0.25, 0.3) is 0 Å². The predicted octanol–water partition coefficient (Wildman–Crippen LogP) is 1.49. The zero-order valence-electron chi connectivity index (χ0n) is 12.0. The van der Waals surface area contributed by atoms with Crippen LogP contribution in [-0.4, -0.2) is 42.5 Å². The fourth-order valence-electron chi connectivity index (χ4n) is 2.53. The van der Waals surface area contributed by atoms with Gasteiger partial charge in [-0.25, -0.2) is 0 Å². The van der Waals surface area contributed by atoms with Gasteiger partial charge in [0.15, 0.2) is 0 Å². The Bertz CT molecular complexity index is 239. The Balaban J connectivity index is 2.16. The highest BCUT2D eigenvalue weighted by Crippen LogP contribution is 2.11. The SMILES string of the molecule is CCCC(N)CC(=O)NCC(C)N1CCCCC1. The molecule has 1 aliphatic heterocycles. The number of likely N-dealkylation sites (tertiary alicyclic amines) is 1. The van der Waals surface area contributed by atoms with Crippen molar-refractivity contribution in [3.63, 3.8) is 0 Å². The van der Waals surface area contributed by atoms with Crippen LogP contribution >= 0.6 is 0 Å². The average Bonchev–Trinajstić information content (AvgIpc) is 2.37. The van der Waals surface area contributed by atoms with Crippen molar-refractivity contribution in [2.75, 3.05) is 19.6 Å². The Labute approximate surface area is 111 Å². The number of nitrogens with zero attached hydrogens (tertiary/aromatic N) is 1. The summed E-state index contributed by atoms with van der Waals surface area (Å²) >= 11 is 0. The van der Waals surface area contributed by atoms with Crippen LogP contribution in [0, 0.1) is 0 Å². The third-order valence-corrected chi connectivity index (χ3v) is 3.72. The highest BCUT2D eigenvalue weighted by molar-refractivity contribution is 5.76. The molecule has 1 heterocycles. The number of nitrogens with two attached hydrogens (primary N) is 1. The number of carbonyl (C=O) groups excluding carboxylic acids is 1. The summed E-state index contributed by atoms with van der Waals surface area (Å²) < 4.78 is 0. The van der Waals surface area contributed by atoms with Gasteiger partial charge in [0.1, 0.15) is 0 Å². The molecule has 0 aromatic carbocycles. The molecule has 0 bridgehead atoms. The van der Waals surface area contributed by atoms with Crippen LogP contribution in [0.5, 0.6) is 0 Å². The van der Waals surface area contributed by atoms with Crippen LogP contribution in [-0.2, 0) is 4.79 Å². The lowest BCUT2D eigenvalue weighted by Crippen LogP contribution is -2.45. The molecule has 4 nitrogen and oxygen atoms in total. The van der Waals surface area contributed by atoms with Crippen molar-refractivity contribution in [2.24, 2.45) is 5.73 Å². The summed E-state index contributed by atoms with van der Waals surface area (Å²) in [7, 11) is 0. The second-order valence-corrected chi connectivity index (χ2v) is 5.50. The molecule has 4 heteroatoms. The van der Waals surface area contributed by atoms with Gasteiger partial charge in [-0.15, -0.1) is 0 Å². The molecular formula is C14H29N3O. The van der Waals surface area contributed by atoms with E-state index >= 15 is 0 Å². The molecule has 0 saturated carbocycles. The summed E-state index contributed by atoms with van der Waals surface area (Å²) in [6, 6.07) is 0.456. The number of nitrogens with one attached hydrogen (secondary N) is 1. The van der Waals surface area contributed by atoms with Gasteiger partial charge in [0.05, 0.1) is 0 Å². The van der Waals surface area contributed by atoms with E-state index in [1.54, 1.807) is 0 Å². The van der Waals surface area contributed by atoms with Crippen LogP contribution in [0.2, 0.25) is 0 Å². The molecule has 2 unspecified atom stereocenters. The molecular weight excluding hydrogens is 226 g/mol. The lowest BCUT2D eigenvalue weighted by atomic mass is 10.1. The number of piperidine rings is 1. The zero-order valence-corrected chi connectivity index (χ0v) is 12.0. The lowest BCUT2D eigenvalue weighted by molar-refractivity contribution is -0.121. The molecule has 0 spiro atoms. The van der Waals surface area contributed by atoms with Crippen molar-refractivity contribution in [3.05, 3.63) is 0 Å². The van der Waals surface area contributed by atoms with Crippen LogP contribution in [0.15, 0.2) is 0 Å². The van der Waals surface area contributed by atoms with Gasteiger partial charge >= 0.3 is 0 Å². The lowest BCUT2D eigenvalue weighted by Gasteiger charge is -2.32. The summed E-state index contributed by atoms with van der Waals surface area (Å²) in [5.41, 5.74) is 5.86. The average molecular weight is 255 g/mol. The standard InChI is InChI=1S/C14H29N3O/c1-3-7-13(15)10-14(18)16-11-12(2)17-8-5-4-6-9-17/h12-13H,3-11,15H2,1-2H3,(H,16,18). The molecule has 0 aromatic heterocycles. The van der Waals surface area contributed by atoms with Gasteiger partial charge in [-0.05, 0) is 39.3 Å². The van der Waals surface area contributed by atoms with Crippen LogP contribution in [0.4, 0.5) is 0 Å².